The van der Waals surface area contributed by atoms with Crippen LogP contribution in [0.2, 0.25) is 5.02 Å². The number of aromatic nitrogens is 2. The highest BCUT2D eigenvalue weighted by Gasteiger charge is 2.29. The molecule has 0 aliphatic heterocycles. The van der Waals surface area contributed by atoms with Crippen molar-refractivity contribution < 1.29 is 9.53 Å². The fourth-order valence-corrected chi connectivity index (χ4v) is 1.47. The third-order valence-corrected chi connectivity index (χ3v) is 2.38. The van der Waals surface area contributed by atoms with Gasteiger partial charge in [0.05, 0.1) is 29.9 Å². The Morgan fingerprint density at radius 2 is 2.31 bits per heavy atom. The Balaban J connectivity index is 3.02. The van der Waals surface area contributed by atoms with Crippen LogP contribution in [0.25, 0.3) is 0 Å². The van der Waals surface area contributed by atoms with Crippen molar-refractivity contribution in [1.82, 2.24) is 9.78 Å². The van der Waals surface area contributed by atoms with Crippen molar-refractivity contribution in [2.45, 2.75) is 25.9 Å². The van der Waals surface area contributed by atoms with Gasteiger partial charge in [0, 0.05) is 7.11 Å². The molecule has 0 spiro atoms. The molecule has 5 nitrogen and oxygen atoms in total. The SMILES string of the molecule is COCCn1ncc(Cl)c1C(=O)C(C)(C)N. The number of Topliss-reactive ketones (excluding diaryl/α,β-unsaturated/α-hetero) is 1. The minimum absolute atomic E-state index is 0.230. The number of ketones is 1. The second-order valence-electron chi connectivity index (χ2n) is 4.11. The number of methoxy groups -OCH3 is 1. The minimum Gasteiger partial charge on any atom is -0.383 e. The van der Waals surface area contributed by atoms with E-state index in [1.54, 1.807) is 21.0 Å². The number of carbonyl (C=O) groups is 1. The van der Waals surface area contributed by atoms with Gasteiger partial charge in [-0.1, -0.05) is 11.6 Å². The van der Waals surface area contributed by atoms with Crippen LogP contribution in [0.3, 0.4) is 0 Å². The number of nitrogens with two attached hydrogens (primary N) is 1. The molecule has 2 N–H and O–H groups in total. The van der Waals surface area contributed by atoms with Crippen molar-refractivity contribution in [3.05, 3.63) is 16.9 Å². The van der Waals surface area contributed by atoms with Gasteiger partial charge in [-0.05, 0) is 13.8 Å². The topological polar surface area (TPSA) is 70.1 Å². The maximum Gasteiger partial charge on any atom is 0.201 e. The second-order valence-corrected chi connectivity index (χ2v) is 4.52. The molecule has 0 atom stereocenters. The molecule has 0 radical (unpaired) electrons. The van der Waals surface area contributed by atoms with E-state index in [-0.39, 0.29) is 5.78 Å². The molecule has 90 valence electrons. The average Bonchev–Trinajstić information content (AvgIpc) is 2.54. The Kier molecular flexibility index (Phi) is 4.07. The first-order valence-electron chi connectivity index (χ1n) is 4.92. The number of hydrogen-bond donors (Lipinski definition) is 1. The van der Waals surface area contributed by atoms with Gasteiger partial charge in [0.1, 0.15) is 5.69 Å². The second kappa shape index (κ2) is 4.95. The van der Waals surface area contributed by atoms with Crippen molar-refractivity contribution in [3.8, 4) is 0 Å². The number of hydrogen-bond acceptors (Lipinski definition) is 4. The summed E-state index contributed by atoms with van der Waals surface area (Å²) in [4.78, 5) is 12.0. The molecule has 0 unspecified atom stereocenters. The third kappa shape index (κ3) is 2.81. The lowest BCUT2D eigenvalue weighted by atomic mass is 9.98. The van der Waals surface area contributed by atoms with Crippen LogP contribution in [0.5, 0.6) is 0 Å². The smallest absolute Gasteiger partial charge is 0.201 e. The van der Waals surface area contributed by atoms with E-state index in [9.17, 15) is 4.79 Å². The molecule has 0 aliphatic carbocycles. The van der Waals surface area contributed by atoms with Crippen LogP contribution in [0, 0.1) is 0 Å². The molecular formula is C10H16ClN3O2. The Labute approximate surface area is 99.5 Å². The van der Waals surface area contributed by atoms with Crippen LogP contribution >= 0.6 is 11.6 Å². The lowest BCUT2D eigenvalue weighted by Crippen LogP contribution is -2.42. The summed E-state index contributed by atoms with van der Waals surface area (Å²) in [5.41, 5.74) is 5.13. The van der Waals surface area contributed by atoms with Gasteiger partial charge in [0.25, 0.3) is 0 Å². The number of rotatable bonds is 5. The van der Waals surface area contributed by atoms with Crippen LogP contribution in [-0.2, 0) is 11.3 Å². The average molecular weight is 246 g/mol. The van der Waals surface area contributed by atoms with E-state index in [0.29, 0.717) is 23.9 Å². The van der Waals surface area contributed by atoms with Gasteiger partial charge in [-0.25, -0.2) is 0 Å². The van der Waals surface area contributed by atoms with Crippen molar-refractivity contribution in [3.63, 3.8) is 0 Å². The first-order valence-corrected chi connectivity index (χ1v) is 5.29. The molecule has 1 heterocycles. The Morgan fingerprint density at radius 1 is 1.69 bits per heavy atom. The number of halogens is 1. The van der Waals surface area contributed by atoms with E-state index < -0.39 is 5.54 Å². The van der Waals surface area contributed by atoms with Crippen LogP contribution in [0.1, 0.15) is 24.3 Å². The first-order chi connectivity index (χ1) is 7.38. The van der Waals surface area contributed by atoms with Gasteiger partial charge in [-0.2, -0.15) is 5.10 Å². The summed E-state index contributed by atoms with van der Waals surface area (Å²) in [7, 11) is 1.58. The van der Waals surface area contributed by atoms with Gasteiger partial charge in [-0.3, -0.25) is 9.48 Å². The molecule has 6 heteroatoms. The Hall–Kier alpha value is -0.910. The standard InChI is InChI=1S/C10H16ClN3O2/c1-10(2,12)9(15)8-7(11)6-13-14(8)4-5-16-3/h6H,4-5,12H2,1-3H3. The minimum atomic E-state index is -0.964. The molecule has 1 rings (SSSR count). The van der Waals surface area contributed by atoms with E-state index in [2.05, 4.69) is 5.10 Å². The predicted molar refractivity (Wildman–Crippen MR) is 61.7 cm³/mol. The van der Waals surface area contributed by atoms with Gasteiger partial charge in [0.15, 0.2) is 0 Å². The molecule has 0 aliphatic rings. The Morgan fingerprint density at radius 3 is 2.81 bits per heavy atom. The van der Waals surface area contributed by atoms with Crippen molar-refractivity contribution in [2.24, 2.45) is 5.73 Å². The summed E-state index contributed by atoms with van der Waals surface area (Å²) in [6, 6.07) is 0. The summed E-state index contributed by atoms with van der Waals surface area (Å²) in [6.45, 7) is 4.21. The summed E-state index contributed by atoms with van der Waals surface area (Å²) in [5.74, 6) is -0.230. The summed E-state index contributed by atoms with van der Waals surface area (Å²) >= 11 is 5.92. The highest BCUT2D eigenvalue weighted by molar-refractivity contribution is 6.34. The molecule has 1 aromatic rings. The van der Waals surface area contributed by atoms with Gasteiger partial charge >= 0.3 is 0 Å². The van der Waals surface area contributed by atoms with E-state index in [4.69, 9.17) is 22.1 Å². The van der Waals surface area contributed by atoms with Crippen LogP contribution < -0.4 is 5.73 Å². The fourth-order valence-electron chi connectivity index (χ4n) is 1.24. The lowest BCUT2D eigenvalue weighted by Gasteiger charge is -2.17. The van der Waals surface area contributed by atoms with E-state index in [1.807, 2.05) is 0 Å². The highest BCUT2D eigenvalue weighted by atomic mass is 35.5. The summed E-state index contributed by atoms with van der Waals surface area (Å²) < 4.78 is 6.45. The van der Waals surface area contributed by atoms with Gasteiger partial charge in [-0.15, -0.1) is 0 Å². The molecule has 0 saturated heterocycles. The van der Waals surface area contributed by atoms with E-state index in [1.165, 1.54) is 10.9 Å². The highest BCUT2D eigenvalue weighted by Crippen LogP contribution is 2.19. The largest absolute Gasteiger partial charge is 0.383 e. The van der Waals surface area contributed by atoms with Crippen LogP contribution in [0.15, 0.2) is 6.20 Å². The molecule has 0 fully saturated rings. The maximum absolute atomic E-state index is 12.0. The molecular weight excluding hydrogens is 230 g/mol. The summed E-state index contributed by atoms with van der Waals surface area (Å²) in [5, 5.41) is 4.34. The van der Waals surface area contributed by atoms with Crippen LogP contribution in [0.4, 0.5) is 0 Å². The molecule has 0 saturated carbocycles. The lowest BCUT2D eigenvalue weighted by molar-refractivity contribution is 0.0899. The number of carbonyl (C=O) groups excluding carboxylic acids is 1. The predicted octanol–water partition coefficient (Wildman–Crippen LogP) is 1.10. The quantitative estimate of drug-likeness (QED) is 0.789. The van der Waals surface area contributed by atoms with Crippen molar-refractivity contribution >= 4 is 17.4 Å². The summed E-state index contributed by atoms with van der Waals surface area (Å²) in [6.07, 6.45) is 1.44. The maximum atomic E-state index is 12.0. The van der Waals surface area contributed by atoms with E-state index in [0.717, 1.165) is 0 Å². The van der Waals surface area contributed by atoms with Crippen molar-refractivity contribution in [2.75, 3.05) is 13.7 Å². The zero-order valence-corrected chi connectivity index (χ0v) is 10.4. The normalized spacial score (nSPS) is 11.8. The fraction of sp³-hybridized carbons (Fsp3) is 0.600. The Bertz CT molecular complexity index is 382. The molecule has 16 heavy (non-hydrogen) atoms. The molecule has 0 amide bonds. The van der Waals surface area contributed by atoms with E-state index >= 15 is 0 Å². The zero-order chi connectivity index (χ0) is 12.3. The first kappa shape index (κ1) is 13.2. The molecule has 0 bridgehead atoms. The van der Waals surface area contributed by atoms with Gasteiger partial charge in [0.2, 0.25) is 5.78 Å². The van der Waals surface area contributed by atoms with Gasteiger partial charge < -0.3 is 10.5 Å². The number of nitrogens with zero attached hydrogens (tertiary/aromatic N) is 2. The number of ether oxygens (including phenoxy) is 1. The monoisotopic (exact) mass is 245 g/mol. The molecule has 1 aromatic heterocycles. The van der Waals surface area contributed by atoms with Crippen molar-refractivity contribution in [1.29, 1.82) is 0 Å². The molecule has 0 aromatic carbocycles. The third-order valence-electron chi connectivity index (χ3n) is 2.10. The zero-order valence-electron chi connectivity index (χ0n) is 9.66. The van der Waals surface area contributed by atoms with Crippen LogP contribution in [-0.4, -0.2) is 34.8 Å².